The van der Waals surface area contributed by atoms with Crippen molar-refractivity contribution in [2.75, 3.05) is 6.54 Å². The van der Waals surface area contributed by atoms with Gasteiger partial charge >= 0.3 is 0 Å². The first-order chi connectivity index (χ1) is 16.4. The van der Waals surface area contributed by atoms with Crippen LogP contribution in [-0.2, 0) is 34.2 Å². The molecule has 1 amide bonds. The van der Waals surface area contributed by atoms with Gasteiger partial charge in [0.05, 0.1) is 0 Å². The quantitative estimate of drug-likeness (QED) is 0.443. The van der Waals surface area contributed by atoms with Crippen molar-refractivity contribution in [2.45, 2.75) is 30.3 Å². The summed E-state index contributed by atoms with van der Waals surface area (Å²) in [5.74, 6) is -1.19. The van der Waals surface area contributed by atoms with Gasteiger partial charge in [0.15, 0.2) is 0 Å². The number of hydrogen-bond acceptors (Lipinski definition) is 3. The lowest BCUT2D eigenvalue weighted by Crippen LogP contribution is -2.50. The number of aromatic nitrogens is 1. The van der Waals surface area contributed by atoms with Gasteiger partial charge in [0.2, 0.25) is 15.9 Å². The Morgan fingerprint density at radius 3 is 2.50 bits per heavy atom. The van der Waals surface area contributed by atoms with Crippen molar-refractivity contribution in [3.8, 4) is 0 Å². The molecule has 4 aromatic rings. The molecular weight excluding hydrogens is 453 g/mol. The zero-order valence-electron chi connectivity index (χ0n) is 18.4. The number of para-hydroxylation sites is 1. The average Bonchev–Trinajstić information content (AvgIpc) is 3.22. The van der Waals surface area contributed by atoms with Gasteiger partial charge in [-0.15, -0.1) is 0 Å². The fourth-order valence-electron chi connectivity index (χ4n) is 4.52. The molecule has 5 rings (SSSR count). The molecule has 1 aliphatic rings. The molecular formula is C26H24FN3O3S. The highest BCUT2D eigenvalue weighted by Crippen LogP contribution is 2.28. The van der Waals surface area contributed by atoms with E-state index in [1.165, 1.54) is 18.2 Å². The normalized spacial score (nSPS) is 14.7. The van der Waals surface area contributed by atoms with Crippen LogP contribution in [-0.4, -0.2) is 36.8 Å². The molecule has 0 aliphatic carbocycles. The van der Waals surface area contributed by atoms with Crippen molar-refractivity contribution in [3.05, 3.63) is 102 Å². The Morgan fingerprint density at radius 1 is 1.00 bits per heavy atom. The molecule has 0 unspecified atom stereocenters. The van der Waals surface area contributed by atoms with E-state index in [1.807, 2.05) is 54.6 Å². The first-order valence-corrected chi connectivity index (χ1v) is 12.6. The number of halogens is 1. The first-order valence-electron chi connectivity index (χ1n) is 11.1. The maximum atomic E-state index is 14.3. The summed E-state index contributed by atoms with van der Waals surface area (Å²) in [6.07, 6.45) is 0.804. The van der Waals surface area contributed by atoms with Crippen LogP contribution >= 0.6 is 0 Å². The third-order valence-electron chi connectivity index (χ3n) is 6.20. The van der Waals surface area contributed by atoms with Crippen LogP contribution < -0.4 is 4.72 Å². The third kappa shape index (κ3) is 4.34. The van der Waals surface area contributed by atoms with Crippen molar-refractivity contribution >= 4 is 26.8 Å². The smallest absolute Gasteiger partial charge is 0.244 e. The van der Waals surface area contributed by atoms with Gasteiger partial charge in [0, 0.05) is 41.7 Å². The van der Waals surface area contributed by atoms with Crippen LogP contribution in [0.3, 0.4) is 0 Å². The van der Waals surface area contributed by atoms with Gasteiger partial charge in [-0.05, 0) is 30.2 Å². The lowest BCUT2D eigenvalue weighted by atomic mass is 10.0. The number of H-pyrrole nitrogens is 1. The van der Waals surface area contributed by atoms with E-state index in [4.69, 9.17) is 0 Å². The number of carbonyl (C=O) groups is 1. The average molecular weight is 478 g/mol. The predicted octanol–water partition coefficient (Wildman–Crippen LogP) is 3.78. The van der Waals surface area contributed by atoms with E-state index in [0.29, 0.717) is 19.5 Å². The van der Waals surface area contributed by atoms with Gasteiger partial charge in [0.1, 0.15) is 16.8 Å². The molecule has 1 aliphatic heterocycles. The first kappa shape index (κ1) is 22.3. The summed E-state index contributed by atoms with van der Waals surface area (Å²) >= 11 is 0. The summed E-state index contributed by atoms with van der Waals surface area (Å²) in [7, 11) is -4.26. The van der Waals surface area contributed by atoms with Gasteiger partial charge in [-0.25, -0.2) is 12.8 Å². The Hall–Kier alpha value is -3.49. The fourth-order valence-corrected chi connectivity index (χ4v) is 5.79. The number of aromatic amines is 1. The third-order valence-corrected chi connectivity index (χ3v) is 7.70. The summed E-state index contributed by atoms with van der Waals surface area (Å²) in [4.78, 5) is 18.3. The van der Waals surface area contributed by atoms with E-state index in [1.54, 1.807) is 4.90 Å². The van der Waals surface area contributed by atoms with Crippen LogP contribution in [0.1, 0.15) is 16.8 Å². The molecule has 8 heteroatoms. The van der Waals surface area contributed by atoms with E-state index in [-0.39, 0.29) is 12.3 Å². The summed E-state index contributed by atoms with van der Waals surface area (Å²) < 4.78 is 42.9. The second-order valence-electron chi connectivity index (χ2n) is 8.43. The summed E-state index contributed by atoms with van der Waals surface area (Å²) in [5, 5.41) is 1.06. The van der Waals surface area contributed by atoms with E-state index in [2.05, 4.69) is 9.71 Å². The predicted molar refractivity (Wildman–Crippen MR) is 128 cm³/mol. The van der Waals surface area contributed by atoms with Crippen LogP contribution in [0.5, 0.6) is 0 Å². The molecule has 0 spiro atoms. The minimum Gasteiger partial charge on any atom is -0.358 e. The van der Waals surface area contributed by atoms with E-state index >= 15 is 0 Å². The highest BCUT2D eigenvalue weighted by molar-refractivity contribution is 7.89. The highest BCUT2D eigenvalue weighted by atomic mass is 32.2. The van der Waals surface area contributed by atoms with E-state index < -0.39 is 26.8 Å². The largest absolute Gasteiger partial charge is 0.358 e. The number of rotatable bonds is 6. The maximum absolute atomic E-state index is 14.3. The number of amides is 1. The fraction of sp³-hybridized carbons (Fsp3) is 0.192. The molecule has 2 heterocycles. The molecule has 1 aromatic heterocycles. The number of hydrogen-bond donors (Lipinski definition) is 2. The number of carbonyl (C=O) groups excluding carboxylic acids is 1. The van der Waals surface area contributed by atoms with Crippen molar-refractivity contribution < 1.29 is 17.6 Å². The molecule has 34 heavy (non-hydrogen) atoms. The molecule has 0 bridgehead atoms. The molecule has 6 nitrogen and oxygen atoms in total. The van der Waals surface area contributed by atoms with Crippen molar-refractivity contribution in [3.63, 3.8) is 0 Å². The SMILES string of the molecule is O=C([C@H](Cc1ccccc1)NS(=O)(=O)c1ccccc1F)N1CCc2[nH]c3ccccc3c2C1. The molecule has 3 aromatic carbocycles. The minimum absolute atomic E-state index is 0.157. The van der Waals surface area contributed by atoms with Crippen LogP contribution in [0.2, 0.25) is 0 Å². The van der Waals surface area contributed by atoms with E-state index in [9.17, 15) is 17.6 Å². The molecule has 0 fully saturated rings. The topological polar surface area (TPSA) is 82.3 Å². The number of nitrogens with zero attached hydrogens (tertiary/aromatic N) is 1. The molecule has 0 saturated heterocycles. The van der Waals surface area contributed by atoms with Crippen molar-refractivity contribution in [1.82, 2.24) is 14.6 Å². The van der Waals surface area contributed by atoms with Crippen molar-refractivity contribution in [2.24, 2.45) is 0 Å². The summed E-state index contributed by atoms with van der Waals surface area (Å²) in [6, 6.07) is 21.2. The van der Waals surface area contributed by atoms with Gasteiger partial charge < -0.3 is 9.88 Å². The van der Waals surface area contributed by atoms with Crippen LogP contribution in [0.25, 0.3) is 10.9 Å². The minimum atomic E-state index is -4.26. The van der Waals surface area contributed by atoms with Crippen molar-refractivity contribution in [1.29, 1.82) is 0 Å². The Balaban J connectivity index is 1.45. The van der Waals surface area contributed by atoms with Gasteiger partial charge in [0.25, 0.3) is 0 Å². The Morgan fingerprint density at radius 2 is 1.71 bits per heavy atom. The standard InChI is InChI=1S/C26H24FN3O3S/c27-21-11-5-7-13-25(21)34(32,33)29-24(16-18-8-2-1-3-9-18)26(31)30-15-14-23-20(17-30)19-10-4-6-12-22(19)28-23/h1-13,24,28-29H,14-17H2/t24-/m0/s1. The van der Waals surface area contributed by atoms with E-state index in [0.717, 1.165) is 33.8 Å². The molecule has 1 atom stereocenters. The number of fused-ring (bicyclic) bond motifs is 3. The zero-order chi connectivity index (χ0) is 23.7. The highest BCUT2D eigenvalue weighted by Gasteiger charge is 2.33. The molecule has 2 N–H and O–H groups in total. The number of nitrogens with one attached hydrogen (secondary N) is 2. The Bertz CT molecular complexity index is 1450. The van der Waals surface area contributed by atoms with Gasteiger partial charge in [-0.2, -0.15) is 4.72 Å². The summed E-state index contributed by atoms with van der Waals surface area (Å²) in [6.45, 7) is 0.844. The van der Waals surface area contributed by atoms with Crippen LogP contribution in [0, 0.1) is 5.82 Å². The second kappa shape index (κ2) is 9.04. The maximum Gasteiger partial charge on any atom is 0.244 e. The van der Waals surface area contributed by atoms with Gasteiger partial charge in [-0.3, -0.25) is 4.79 Å². The van der Waals surface area contributed by atoms with Crippen LogP contribution in [0.15, 0.2) is 83.8 Å². The van der Waals surface area contributed by atoms with Gasteiger partial charge in [-0.1, -0.05) is 60.7 Å². The lowest BCUT2D eigenvalue weighted by Gasteiger charge is -2.31. The second-order valence-corrected chi connectivity index (χ2v) is 10.1. The Kier molecular flexibility index (Phi) is 5.93. The Labute approximate surface area is 197 Å². The van der Waals surface area contributed by atoms with Crippen LogP contribution in [0.4, 0.5) is 4.39 Å². The monoisotopic (exact) mass is 477 g/mol. The lowest BCUT2D eigenvalue weighted by molar-refractivity contribution is -0.133. The zero-order valence-corrected chi connectivity index (χ0v) is 19.2. The molecule has 174 valence electrons. The molecule has 0 saturated carbocycles. The number of sulfonamides is 1. The summed E-state index contributed by atoms with van der Waals surface area (Å²) in [5.41, 5.74) is 3.96. The molecule has 0 radical (unpaired) electrons. The number of benzene rings is 3.